The molecule has 3 rings (SSSR count). The highest BCUT2D eigenvalue weighted by Crippen LogP contribution is 2.29. The van der Waals surface area contributed by atoms with E-state index in [9.17, 15) is 9.59 Å². The molecule has 0 fully saturated rings. The molecule has 3 aromatic carbocycles. The number of rotatable bonds is 8. The van der Waals surface area contributed by atoms with E-state index < -0.39 is 18.0 Å². The van der Waals surface area contributed by atoms with Gasteiger partial charge in [0.15, 0.2) is 17.6 Å². The Morgan fingerprint density at radius 3 is 2.52 bits per heavy atom. The fourth-order valence-electron chi connectivity index (χ4n) is 2.69. The van der Waals surface area contributed by atoms with Gasteiger partial charge in [-0.05, 0) is 61.0 Å². The molecular formula is C24H20Cl2N2O5. The lowest BCUT2D eigenvalue weighted by molar-refractivity contribution is -0.127. The van der Waals surface area contributed by atoms with Gasteiger partial charge < -0.3 is 14.2 Å². The first kappa shape index (κ1) is 24.1. The Morgan fingerprint density at radius 1 is 1.00 bits per heavy atom. The smallest absolute Gasteiger partial charge is 0.345 e. The molecule has 7 nitrogen and oxygen atoms in total. The topological polar surface area (TPSA) is 86.2 Å². The van der Waals surface area contributed by atoms with E-state index in [4.69, 9.17) is 37.4 Å². The molecule has 0 heterocycles. The van der Waals surface area contributed by atoms with Crippen LogP contribution in [0.15, 0.2) is 71.8 Å². The number of hydrogen-bond acceptors (Lipinski definition) is 6. The molecule has 0 aliphatic heterocycles. The number of benzene rings is 3. The molecule has 1 amide bonds. The summed E-state index contributed by atoms with van der Waals surface area (Å²) in [6, 6.07) is 18.1. The lowest BCUT2D eigenvalue weighted by Gasteiger charge is -2.13. The summed E-state index contributed by atoms with van der Waals surface area (Å²) in [5.41, 5.74) is 3.25. The Labute approximate surface area is 200 Å². The maximum absolute atomic E-state index is 12.4. The van der Waals surface area contributed by atoms with E-state index in [0.29, 0.717) is 22.1 Å². The van der Waals surface area contributed by atoms with Gasteiger partial charge in [-0.2, -0.15) is 5.10 Å². The van der Waals surface area contributed by atoms with Gasteiger partial charge in [0.1, 0.15) is 5.75 Å². The molecule has 0 unspecified atom stereocenters. The normalized spacial score (nSPS) is 11.6. The van der Waals surface area contributed by atoms with Gasteiger partial charge in [-0.25, -0.2) is 10.2 Å². The van der Waals surface area contributed by atoms with Crippen LogP contribution in [0, 0.1) is 0 Å². The maximum Gasteiger partial charge on any atom is 0.345 e. The van der Waals surface area contributed by atoms with Crippen LogP contribution in [0.3, 0.4) is 0 Å². The number of carbonyl (C=O) groups excluding carboxylic acids is 2. The number of esters is 1. The number of halogens is 2. The quantitative estimate of drug-likeness (QED) is 0.206. The van der Waals surface area contributed by atoms with Crippen LogP contribution in [-0.4, -0.2) is 31.3 Å². The molecule has 0 spiro atoms. The number of hydrazone groups is 1. The zero-order valence-corrected chi connectivity index (χ0v) is 19.3. The fraction of sp³-hybridized carbons (Fsp3) is 0.125. The van der Waals surface area contributed by atoms with Crippen molar-refractivity contribution in [3.8, 4) is 17.2 Å². The third kappa shape index (κ3) is 6.71. The van der Waals surface area contributed by atoms with Crippen LogP contribution in [0.1, 0.15) is 22.8 Å². The summed E-state index contributed by atoms with van der Waals surface area (Å²) >= 11 is 12.0. The summed E-state index contributed by atoms with van der Waals surface area (Å²) in [4.78, 5) is 24.6. The highest BCUT2D eigenvalue weighted by atomic mass is 35.5. The first-order valence-electron chi connectivity index (χ1n) is 9.77. The molecule has 0 aromatic heterocycles. The summed E-state index contributed by atoms with van der Waals surface area (Å²) in [5, 5.41) is 4.73. The van der Waals surface area contributed by atoms with Crippen LogP contribution < -0.4 is 19.6 Å². The minimum Gasteiger partial charge on any atom is -0.493 e. The Hall–Kier alpha value is -3.55. The molecule has 0 saturated carbocycles. The second kappa shape index (κ2) is 11.4. The lowest BCUT2D eigenvalue weighted by atomic mass is 10.2. The molecule has 0 bridgehead atoms. The molecule has 33 heavy (non-hydrogen) atoms. The zero-order chi connectivity index (χ0) is 23.8. The van der Waals surface area contributed by atoms with Crippen molar-refractivity contribution in [1.82, 2.24) is 5.43 Å². The molecule has 0 saturated heterocycles. The van der Waals surface area contributed by atoms with Gasteiger partial charge in [-0.15, -0.1) is 0 Å². The van der Waals surface area contributed by atoms with Gasteiger partial charge in [0, 0.05) is 5.02 Å². The molecular weight excluding hydrogens is 467 g/mol. The minimum absolute atomic E-state index is 0.215. The number of carbonyl (C=O) groups is 2. The van der Waals surface area contributed by atoms with Crippen molar-refractivity contribution in [2.24, 2.45) is 5.10 Å². The average Bonchev–Trinajstić information content (AvgIpc) is 2.80. The largest absolute Gasteiger partial charge is 0.493 e. The monoisotopic (exact) mass is 486 g/mol. The number of nitrogens with one attached hydrogen (secondary N) is 1. The Kier molecular flexibility index (Phi) is 8.29. The molecule has 0 aliphatic carbocycles. The van der Waals surface area contributed by atoms with Crippen molar-refractivity contribution in [2.45, 2.75) is 13.0 Å². The SMILES string of the molecule is COc1cc(/C=N\NC(=O)[C@@H](C)Oc2cccc(Cl)c2)ccc1OC(=O)c1ccccc1Cl. The first-order valence-corrected chi connectivity index (χ1v) is 10.5. The van der Waals surface area contributed by atoms with Gasteiger partial charge >= 0.3 is 5.97 Å². The van der Waals surface area contributed by atoms with Gasteiger partial charge in [0.05, 0.1) is 23.9 Å². The first-order chi connectivity index (χ1) is 15.9. The van der Waals surface area contributed by atoms with Crippen molar-refractivity contribution in [3.63, 3.8) is 0 Å². The molecule has 170 valence electrons. The number of amides is 1. The average molecular weight is 487 g/mol. The van der Waals surface area contributed by atoms with Crippen LogP contribution in [0.5, 0.6) is 17.2 Å². The third-order valence-corrected chi connectivity index (χ3v) is 4.92. The van der Waals surface area contributed by atoms with Crippen LogP contribution in [0.2, 0.25) is 10.0 Å². The van der Waals surface area contributed by atoms with Crippen LogP contribution in [0.4, 0.5) is 0 Å². The second-order valence-corrected chi connectivity index (χ2v) is 7.58. The third-order valence-electron chi connectivity index (χ3n) is 4.35. The van der Waals surface area contributed by atoms with Crippen molar-refractivity contribution in [2.75, 3.05) is 7.11 Å². The van der Waals surface area contributed by atoms with E-state index in [1.54, 1.807) is 73.7 Å². The summed E-state index contributed by atoms with van der Waals surface area (Å²) in [7, 11) is 1.44. The van der Waals surface area contributed by atoms with Crippen molar-refractivity contribution < 1.29 is 23.8 Å². The zero-order valence-electron chi connectivity index (χ0n) is 17.7. The summed E-state index contributed by atoms with van der Waals surface area (Å²) in [6.45, 7) is 1.59. The predicted octanol–water partition coefficient (Wildman–Crippen LogP) is 5.14. The van der Waals surface area contributed by atoms with Gasteiger partial charge in [0.2, 0.25) is 0 Å². The minimum atomic E-state index is -0.790. The Morgan fingerprint density at radius 2 is 1.79 bits per heavy atom. The van der Waals surface area contributed by atoms with Crippen LogP contribution in [-0.2, 0) is 4.79 Å². The molecule has 0 radical (unpaired) electrons. The number of methoxy groups -OCH3 is 1. The van der Waals surface area contributed by atoms with Gasteiger partial charge in [0.25, 0.3) is 5.91 Å². The van der Waals surface area contributed by atoms with E-state index in [-0.39, 0.29) is 16.3 Å². The number of hydrogen-bond donors (Lipinski definition) is 1. The summed E-state index contributed by atoms with van der Waals surface area (Å²) < 4.78 is 16.3. The van der Waals surface area contributed by atoms with E-state index in [1.165, 1.54) is 13.3 Å². The van der Waals surface area contributed by atoms with E-state index >= 15 is 0 Å². The predicted molar refractivity (Wildman–Crippen MR) is 127 cm³/mol. The maximum atomic E-state index is 12.4. The summed E-state index contributed by atoms with van der Waals surface area (Å²) in [5.74, 6) is -0.0546. The molecule has 3 aromatic rings. The Balaban J connectivity index is 1.61. The summed E-state index contributed by atoms with van der Waals surface area (Å²) in [6.07, 6.45) is 0.633. The molecule has 1 N–H and O–H groups in total. The molecule has 0 aliphatic rings. The van der Waals surface area contributed by atoms with Gasteiger partial charge in [-0.3, -0.25) is 4.79 Å². The fourth-order valence-corrected chi connectivity index (χ4v) is 3.08. The van der Waals surface area contributed by atoms with E-state index in [0.717, 1.165) is 0 Å². The number of ether oxygens (including phenoxy) is 3. The Bertz CT molecular complexity index is 1180. The van der Waals surface area contributed by atoms with Crippen LogP contribution in [0.25, 0.3) is 0 Å². The standard InChI is InChI=1S/C24H20Cl2N2O5/c1-15(32-18-7-5-6-17(25)13-18)23(29)28-27-14-16-10-11-21(22(12-16)31-2)33-24(30)19-8-3-4-9-20(19)26/h3-15H,1-2H3,(H,28,29)/b27-14-/t15-/m1/s1. The van der Waals surface area contributed by atoms with Crippen molar-refractivity contribution >= 4 is 41.3 Å². The highest BCUT2D eigenvalue weighted by molar-refractivity contribution is 6.33. The number of nitrogens with zero attached hydrogens (tertiary/aromatic N) is 1. The lowest BCUT2D eigenvalue weighted by Crippen LogP contribution is -2.33. The molecule has 1 atom stereocenters. The van der Waals surface area contributed by atoms with Gasteiger partial charge in [-0.1, -0.05) is 41.4 Å². The highest BCUT2D eigenvalue weighted by Gasteiger charge is 2.16. The van der Waals surface area contributed by atoms with E-state index in [1.807, 2.05) is 0 Å². The van der Waals surface area contributed by atoms with Crippen molar-refractivity contribution in [3.05, 3.63) is 87.9 Å². The second-order valence-electron chi connectivity index (χ2n) is 6.73. The van der Waals surface area contributed by atoms with Crippen LogP contribution >= 0.6 is 23.2 Å². The molecule has 9 heteroatoms. The van der Waals surface area contributed by atoms with E-state index in [2.05, 4.69) is 10.5 Å². The van der Waals surface area contributed by atoms with Crippen molar-refractivity contribution in [1.29, 1.82) is 0 Å².